The largest absolute Gasteiger partial charge is 0.374 e. The fourth-order valence-electron chi connectivity index (χ4n) is 3.98. The molecule has 3 heterocycles. The zero-order valence-corrected chi connectivity index (χ0v) is 18.4. The smallest absolute Gasteiger partial charge is 0.321 e. The monoisotopic (exact) mass is 451 g/mol. The summed E-state index contributed by atoms with van der Waals surface area (Å²) in [6.07, 6.45) is 4.42. The summed E-state index contributed by atoms with van der Waals surface area (Å²) in [5, 5.41) is 3.79. The number of anilines is 1. The molecule has 0 bridgehead atoms. The van der Waals surface area contributed by atoms with Gasteiger partial charge in [0.1, 0.15) is 0 Å². The second kappa shape index (κ2) is 10.1. The second-order valence-electron chi connectivity index (χ2n) is 7.81. The number of nitrogens with zero attached hydrogens (tertiary/aromatic N) is 4. The molecule has 0 aliphatic carbocycles. The molecule has 1 atom stereocenters. The van der Waals surface area contributed by atoms with Gasteiger partial charge in [-0.05, 0) is 24.3 Å². The van der Waals surface area contributed by atoms with Crippen molar-refractivity contribution < 1.29 is 9.53 Å². The number of hydrogen-bond donors (Lipinski definition) is 1. The van der Waals surface area contributed by atoms with Crippen LogP contribution in [0.25, 0.3) is 0 Å². The predicted octanol–water partition coefficient (Wildman–Crippen LogP) is 2.85. The van der Waals surface area contributed by atoms with E-state index in [9.17, 15) is 4.79 Å². The Morgan fingerprint density at radius 2 is 1.97 bits per heavy atom. The summed E-state index contributed by atoms with van der Waals surface area (Å²) in [5.41, 5.74) is 1.81. The van der Waals surface area contributed by atoms with Gasteiger partial charge >= 0.3 is 6.03 Å². The number of hydrogen-bond acceptors (Lipinski definition) is 5. The van der Waals surface area contributed by atoms with Crippen molar-refractivity contribution in [2.24, 2.45) is 4.99 Å². The molecule has 7 nitrogen and oxygen atoms in total. The highest BCUT2D eigenvalue weighted by Gasteiger charge is 2.27. The van der Waals surface area contributed by atoms with E-state index in [2.05, 4.69) is 32.3 Å². The molecule has 3 aliphatic heterocycles. The van der Waals surface area contributed by atoms with Crippen LogP contribution in [0.4, 0.5) is 10.5 Å². The van der Waals surface area contributed by atoms with Crippen molar-refractivity contribution in [2.45, 2.75) is 6.10 Å². The van der Waals surface area contributed by atoms with Crippen molar-refractivity contribution in [3.8, 4) is 0 Å². The summed E-state index contributed by atoms with van der Waals surface area (Å²) >= 11 is 12.0. The quantitative estimate of drug-likeness (QED) is 0.747. The van der Waals surface area contributed by atoms with Crippen LogP contribution in [0.5, 0.6) is 0 Å². The van der Waals surface area contributed by atoms with Crippen molar-refractivity contribution in [2.75, 3.05) is 70.8 Å². The number of morpholine rings is 1. The van der Waals surface area contributed by atoms with Gasteiger partial charge in [0.2, 0.25) is 0 Å². The standard InChI is InChI=1S/C21H27Cl2N5O2/c22-19-4-3-16(12-20(19)23)25-21(29)28-8-6-26(7-9-28)14-18-15-27(10-11-30-18)13-17-2-1-5-24-17/h1-4,12,18H,5-11,13-15H2,(H,25,29)/t18-/m0/s1. The van der Waals surface area contributed by atoms with Crippen LogP contribution in [0.1, 0.15) is 0 Å². The van der Waals surface area contributed by atoms with Gasteiger partial charge in [-0.2, -0.15) is 0 Å². The third kappa shape index (κ3) is 5.74. The van der Waals surface area contributed by atoms with Gasteiger partial charge in [0.25, 0.3) is 0 Å². The summed E-state index contributed by atoms with van der Waals surface area (Å²) in [6, 6.07) is 4.98. The molecule has 1 N–H and O–H groups in total. The van der Waals surface area contributed by atoms with Gasteiger partial charge in [-0.25, -0.2) is 4.79 Å². The zero-order chi connectivity index (χ0) is 20.9. The second-order valence-corrected chi connectivity index (χ2v) is 8.62. The number of piperazine rings is 1. The van der Waals surface area contributed by atoms with Crippen molar-refractivity contribution in [3.63, 3.8) is 0 Å². The van der Waals surface area contributed by atoms with Crippen LogP contribution < -0.4 is 5.32 Å². The summed E-state index contributed by atoms with van der Waals surface area (Å²) in [7, 11) is 0. The number of benzene rings is 1. The van der Waals surface area contributed by atoms with E-state index in [1.165, 1.54) is 0 Å². The Balaban J connectivity index is 1.20. The number of aliphatic imine (C=N–C) groups is 1. The molecule has 0 unspecified atom stereocenters. The lowest BCUT2D eigenvalue weighted by Crippen LogP contribution is -2.54. The molecule has 2 amide bonds. The third-order valence-electron chi connectivity index (χ3n) is 5.61. The fraction of sp³-hybridized carbons (Fsp3) is 0.524. The van der Waals surface area contributed by atoms with E-state index < -0.39 is 0 Å². The molecule has 2 saturated heterocycles. The number of carbonyl (C=O) groups excluding carboxylic acids is 1. The molecule has 0 spiro atoms. The fourth-order valence-corrected chi connectivity index (χ4v) is 4.27. The highest BCUT2D eigenvalue weighted by molar-refractivity contribution is 6.42. The molecule has 4 rings (SSSR count). The van der Waals surface area contributed by atoms with Crippen LogP contribution in [0, 0.1) is 0 Å². The predicted molar refractivity (Wildman–Crippen MR) is 121 cm³/mol. The normalized spacial score (nSPS) is 22.9. The van der Waals surface area contributed by atoms with Crippen LogP contribution in [0.15, 0.2) is 35.3 Å². The molecule has 3 aliphatic rings. The van der Waals surface area contributed by atoms with Crippen LogP contribution in [-0.4, -0.2) is 98.1 Å². The molecular formula is C21H27Cl2N5O2. The van der Waals surface area contributed by atoms with Crippen LogP contribution in [-0.2, 0) is 4.74 Å². The Kier molecular flexibility index (Phi) is 7.28. The minimum atomic E-state index is -0.112. The van der Waals surface area contributed by atoms with E-state index in [1.54, 1.807) is 18.2 Å². The van der Waals surface area contributed by atoms with Gasteiger partial charge in [-0.1, -0.05) is 29.3 Å². The Morgan fingerprint density at radius 1 is 1.13 bits per heavy atom. The maximum Gasteiger partial charge on any atom is 0.321 e. The van der Waals surface area contributed by atoms with Gasteiger partial charge in [-0.15, -0.1) is 0 Å². The highest BCUT2D eigenvalue weighted by atomic mass is 35.5. The molecule has 0 radical (unpaired) electrons. The van der Waals surface area contributed by atoms with E-state index in [-0.39, 0.29) is 12.1 Å². The molecule has 0 saturated carbocycles. The van der Waals surface area contributed by atoms with Crippen molar-refractivity contribution in [3.05, 3.63) is 40.4 Å². The number of nitrogens with one attached hydrogen (secondary N) is 1. The molecule has 162 valence electrons. The maximum atomic E-state index is 12.5. The van der Waals surface area contributed by atoms with E-state index in [4.69, 9.17) is 27.9 Å². The molecule has 2 fully saturated rings. The van der Waals surface area contributed by atoms with Crippen molar-refractivity contribution >= 4 is 40.6 Å². The van der Waals surface area contributed by atoms with E-state index in [0.717, 1.165) is 58.1 Å². The van der Waals surface area contributed by atoms with Gasteiger partial charge < -0.3 is 15.0 Å². The Hall–Kier alpha value is -1.64. The number of ether oxygens (including phenoxy) is 1. The Labute approximate surface area is 187 Å². The van der Waals surface area contributed by atoms with Crippen molar-refractivity contribution in [1.82, 2.24) is 14.7 Å². The summed E-state index contributed by atoms with van der Waals surface area (Å²) in [6.45, 7) is 8.28. The summed E-state index contributed by atoms with van der Waals surface area (Å²) in [5.74, 6) is 0. The Bertz CT molecular complexity index is 824. The number of rotatable bonds is 5. The molecule has 1 aromatic carbocycles. The molecule has 0 aromatic heterocycles. The average Bonchev–Trinajstić information content (AvgIpc) is 3.24. The summed E-state index contributed by atoms with van der Waals surface area (Å²) in [4.78, 5) is 23.7. The van der Waals surface area contributed by atoms with Gasteiger partial charge in [0, 0.05) is 63.8 Å². The van der Waals surface area contributed by atoms with Crippen LogP contribution >= 0.6 is 23.2 Å². The summed E-state index contributed by atoms with van der Waals surface area (Å²) < 4.78 is 5.99. The molecule has 30 heavy (non-hydrogen) atoms. The highest BCUT2D eigenvalue weighted by Crippen LogP contribution is 2.25. The minimum Gasteiger partial charge on any atom is -0.374 e. The number of urea groups is 1. The first kappa shape index (κ1) is 21.6. The lowest BCUT2D eigenvalue weighted by Gasteiger charge is -2.39. The molecular weight excluding hydrogens is 425 g/mol. The Morgan fingerprint density at radius 3 is 2.70 bits per heavy atom. The van der Waals surface area contributed by atoms with Gasteiger partial charge in [0.15, 0.2) is 0 Å². The average molecular weight is 452 g/mol. The van der Waals surface area contributed by atoms with E-state index in [1.807, 2.05) is 4.90 Å². The topological polar surface area (TPSA) is 60.4 Å². The lowest BCUT2D eigenvalue weighted by molar-refractivity contribution is -0.0424. The minimum absolute atomic E-state index is 0.112. The van der Waals surface area contributed by atoms with Gasteiger partial charge in [-0.3, -0.25) is 14.8 Å². The SMILES string of the molecule is O=C(Nc1ccc(Cl)c(Cl)c1)N1CCN(C[C@H]2CN(CC3=NCC=C3)CCO2)CC1. The molecule has 9 heteroatoms. The lowest BCUT2D eigenvalue weighted by atomic mass is 10.2. The number of carbonyl (C=O) groups is 1. The number of amides is 2. The first-order chi connectivity index (χ1) is 14.6. The maximum absolute atomic E-state index is 12.5. The van der Waals surface area contributed by atoms with Crippen LogP contribution in [0.3, 0.4) is 0 Å². The molecule has 1 aromatic rings. The zero-order valence-electron chi connectivity index (χ0n) is 16.9. The first-order valence-electron chi connectivity index (χ1n) is 10.3. The third-order valence-corrected chi connectivity index (χ3v) is 6.35. The van der Waals surface area contributed by atoms with Gasteiger partial charge in [0.05, 0.1) is 29.3 Å². The van der Waals surface area contributed by atoms with Crippen molar-refractivity contribution in [1.29, 1.82) is 0 Å². The van der Waals surface area contributed by atoms with E-state index in [0.29, 0.717) is 28.8 Å². The number of halogens is 2. The first-order valence-corrected chi connectivity index (χ1v) is 11.1. The van der Waals surface area contributed by atoms with Crippen LogP contribution in [0.2, 0.25) is 10.0 Å². The van der Waals surface area contributed by atoms with E-state index >= 15 is 0 Å².